The normalized spacial score (nSPS) is 19.0. The number of nitrogens with zero attached hydrogens (tertiary/aromatic N) is 1. The fraction of sp³-hybridized carbons (Fsp3) is 0.538. The van der Waals surface area contributed by atoms with E-state index in [2.05, 4.69) is 0 Å². The Kier molecular flexibility index (Phi) is 4.04. The van der Waals surface area contributed by atoms with Gasteiger partial charge in [-0.15, -0.1) is 0 Å². The van der Waals surface area contributed by atoms with Gasteiger partial charge in [-0.05, 0) is 25.3 Å². The molecule has 2 N–H and O–H groups in total. The van der Waals surface area contributed by atoms with Crippen molar-refractivity contribution in [3.05, 3.63) is 35.4 Å². The number of hydrogen-bond acceptors (Lipinski definition) is 3. The predicted molar refractivity (Wildman–Crippen MR) is 72.6 cm³/mol. The molecule has 1 heterocycles. The summed E-state index contributed by atoms with van der Waals surface area (Å²) in [5.41, 5.74) is 7.73. The van der Waals surface area contributed by atoms with Gasteiger partial charge in [-0.2, -0.15) is 0 Å². The van der Waals surface area contributed by atoms with Gasteiger partial charge in [0.25, 0.3) is 0 Å². The van der Waals surface area contributed by atoms with Gasteiger partial charge in [-0.25, -0.2) is 12.7 Å². The monoisotopic (exact) mass is 268 g/mol. The van der Waals surface area contributed by atoms with Gasteiger partial charge in [0.05, 0.1) is 5.75 Å². The Hall–Kier alpha value is -0.910. The van der Waals surface area contributed by atoms with Crippen molar-refractivity contribution in [2.45, 2.75) is 31.6 Å². The van der Waals surface area contributed by atoms with Crippen LogP contribution in [-0.4, -0.2) is 31.9 Å². The summed E-state index contributed by atoms with van der Waals surface area (Å²) in [6, 6.07) is 7.80. The molecule has 0 radical (unpaired) electrons. The molecule has 18 heavy (non-hydrogen) atoms. The molecule has 0 spiro atoms. The maximum Gasteiger partial charge on any atom is 0.218 e. The summed E-state index contributed by atoms with van der Waals surface area (Å²) in [5.74, 6) is 0.0872. The van der Waals surface area contributed by atoms with Crippen molar-refractivity contribution in [2.75, 3.05) is 13.1 Å². The maximum absolute atomic E-state index is 12.3. The Labute approximate surface area is 109 Å². The van der Waals surface area contributed by atoms with Gasteiger partial charge in [-0.1, -0.05) is 29.8 Å². The van der Waals surface area contributed by atoms with Crippen molar-refractivity contribution in [2.24, 2.45) is 5.73 Å². The average Bonchev–Trinajstić information content (AvgIpc) is 2.29. The van der Waals surface area contributed by atoms with E-state index in [1.807, 2.05) is 31.2 Å². The lowest BCUT2D eigenvalue weighted by molar-refractivity contribution is 0.319. The SMILES string of the molecule is Cc1cccc(CS(=O)(=O)N2CCC(N)CC2)c1. The first kappa shape index (κ1) is 13.5. The minimum atomic E-state index is -3.20. The predicted octanol–water partition coefficient (Wildman–Crippen LogP) is 1.25. The molecule has 0 unspecified atom stereocenters. The number of rotatable bonds is 3. The third kappa shape index (κ3) is 3.31. The molecule has 1 fully saturated rings. The van der Waals surface area contributed by atoms with Crippen LogP contribution < -0.4 is 5.73 Å². The molecule has 2 rings (SSSR count). The molecule has 4 nitrogen and oxygen atoms in total. The molecule has 0 atom stereocenters. The third-order valence-electron chi connectivity index (χ3n) is 3.32. The van der Waals surface area contributed by atoms with Crippen LogP contribution in [0.15, 0.2) is 24.3 Å². The van der Waals surface area contributed by atoms with E-state index in [1.165, 1.54) is 0 Å². The van der Waals surface area contributed by atoms with E-state index in [-0.39, 0.29) is 11.8 Å². The van der Waals surface area contributed by atoms with Crippen LogP contribution in [0.1, 0.15) is 24.0 Å². The minimum Gasteiger partial charge on any atom is -0.328 e. The van der Waals surface area contributed by atoms with Crippen LogP contribution in [0.25, 0.3) is 0 Å². The summed E-state index contributed by atoms with van der Waals surface area (Å²) >= 11 is 0. The van der Waals surface area contributed by atoms with E-state index in [4.69, 9.17) is 5.73 Å². The summed E-state index contributed by atoms with van der Waals surface area (Å²) in [5, 5.41) is 0. The van der Waals surface area contributed by atoms with E-state index >= 15 is 0 Å². The quantitative estimate of drug-likeness (QED) is 0.897. The van der Waals surface area contributed by atoms with Gasteiger partial charge in [0.2, 0.25) is 10.0 Å². The van der Waals surface area contributed by atoms with Crippen LogP contribution in [0.4, 0.5) is 0 Å². The number of aryl methyl sites for hydroxylation is 1. The number of sulfonamides is 1. The Balaban J connectivity index is 2.08. The summed E-state index contributed by atoms with van der Waals surface area (Å²) in [7, 11) is -3.20. The molecule has 1 aromatic carbocycles. The summed E-state index contributed by atoms with van der Waals surface area (Å²) in [6.07, 6.45) is 1.51. The van der Waals surface area contributed by atoms with Crippen LogP contribution >= 0.6 is 0 Å². The van der Waals surface area contributed by atoms with Gasteiger partial charge in [0.15, 0.2) is 0 Å². The van der Waals surface area contributed by atoms with E-state index in [1.54, 1.807) is 4.31 Å². The highest BCUT2D eigenvalue weighted by atomic mass is 32.2. The molecule has 0 saturated carbocycles. The fourth-order valence-electron chi connectivity index (χ4n) is 2.26. The summed E-state index contributed by atoms with van der Waals surface area (Å²) < 4.78 is 26.1. The highest BCUT2D eigenvalue weighted by Crippen LogP contribution is 2.17. The Morgan fingerprint density at radius 2 is 2.00 bits per heavy atom. The maximum atomic E-state index is 12.3. The van der Waals surface area contributed by atoms with E-state index in [0.29, 0.717) is 13.1 Å². The summed E-state index contributed by atoms with van der Waals surface area (Å²) in [6.45, 7) is 3.07. The molecule has 5 heteroatoms. The van der Waals surface area contributed by atoms with Crippen LogP contribution in [0.2, 0.25) is 0 Å². The molecule has 0 aromatic heterocycles. The molecule has 1 aliphatic heterocycles. The molecule has 1 aromatic rings. The summed E-state index contributed by atoms with van der Waals surface area (Å²) in [4.78, 5) is 0. The van der Waals surface area contributed by atoms with E-state index < -0.39 is 10.0 Å². The number of hydrogen-bond donors (Lipinski definition) is 1. The van der Waals surface area contributed by atoms with Crippen molar-refractivity contribution in [1.82, 2.24) is 4.31 Å². The van der Waals surface area contributed by atoms with Gasteiger partial charge in [0, 0.05) is 19.1 Å². The zero-order valence-corrected chi connectivity index (χ0v) is 11.5. The molecule has 0 bridgehead atoms. The van der Waals surface area contributed by atoms with Crippen LogP contribution in [-0.2, 0) is 15.8 Å². The van der Waals surface area contributed by atoms with Gasteiger partial charge in [-0.3, -0.25) is 0 Å². The highest BCUT2D eigenvalue weighted by Gasteiger charge is 2.26. The highest BCUT2D eigenvalue weighted by molar-refractivity contribution is 7.88. The second kappa shape index (κ2) is 5.38. The Morgan fingerprint density at radius 1 is 1.33 bits per heavy atom. The topological polar surface area (TPSA) is 63.4 Å². The zero-order chi connectivity index (χ0) is 13.2. The molecular formula is C13H20N2O2S. The number of piperidine rings is 1. The lowest BCUT2D eigenvalue weighted by atomic mass is 10.1. The van der Waals surface area contributed by atoms with Gasteiger partial charge >= 0.3 is 0 Å². The standard InChI is InChI=1S/C13H20N2O2S/c1-11-3-2-4-12(9-11)10-18(16,17)15-7-5-13(14)6-8-15/h2-4,9,13H,5-8,10,14H2,1H3. The van der Waals surface area contributed by atoms with Crippen molar-refractivity contribution < 1.29 is 8.42 Å². The smallest absolute Gasteiger partial charge is 0.218 e. The van der Waals surface area contributed by atoms with Gasteiger partial charge < -0.3 is 5.73 Å². The van der Waals surface area contributed by atoms with E-state index in [9.17, 15) is 8.42 Å². The lowest BCUT2D eigenvalue weighted by Gasteiger charge is -2.29. The first-order valence-corrected chi connectivity index (χ1v) is 7.87. The second-order valence-electron chi connectivity index (χ2n) is 4.98. The number of benzene rings is 1. The lowest BCUT2D eigenvalue weighted by Crippen LogP contribution is -2.43. The van der Waals surface area contributed by atoms with Gasteiger partial charge in [0.1, 0.15) is 0 Å². The molecule has 1 saturated heterocycles. The molecule has 0 amide bonds. The zero-order valence-electron chi connectivity index (χ0n) is 10.7. The third-order valence-corrected chi connectivity index (χ3v) is 5.17. The largest absolute Gasteiger partial charge is 0.328 e. The van der Waals surface area contributed by atoms with Crippen molar-refractivity contribution in [1.29, 1.82) is 0 Å². The van der Waals surface area contributed by atoms with Crippen LogP contribution in [0.3, 0.4) is 0 Å². The molecule has 1 aliphatic rings. The second-order valence-corrected chi connectivity index (χ2v) is 6.95. The van der Waals surface area contributed by atoms with Crippen LogP contribution in [0, 0.1) is 6.92 Å². The first-order chi connectivity index (χ1) is 8.47. The number of nitrogens with two attached hydrogens (primary N) is 1. The van der Waals surface area contributed by atoms with Crippen molar-refractivity contribution in [3.8, 4) is 0 Å². The van der Waals surface area contributed by atoms with Crippen molar-refractivity contribution in [3.63, 3.8) is 0 Å². The van der Waals surface area contributed by atoms with Crippen molar-refractivity contribution >= 4 is 10.0 Å². The molecule has 100 valence electrons. The minimum absolute atomic E-state index is 0.0872. The average molecular weight is 268 g/mol. The van der Waals surface area contributed by atoms with E-state index in [0.717, 1.165) is 24.0 Å². The molecular weight excluding hydrogens is 248 g/mol. The Morgan fingerprint density at radius 3 is 2.61 bits per heavy atom. The first-order valence-electron chi connectivity index (χ1n) is 6.26. The van der Waals surface area contributed by atoms with Crippen LogP contribution in [0.5, 0.6) is 0 Å². The Bertz CT molecular complexity index is 505. The molecule has 0 aliphatic carbocycles. The fourth-order valence-corrected chi connectivity index (χ4v) is 3.81.